The number of carbonyl (C=O) groups excluding carboxylic acids is 2. The van der Waals surface area contributed by atoms with E-state index in [2.05, 4.69) is 17.9 Å². The van der Waals surface area contributed by atoms with Crippen LogP contribution in [0.15, 0.2) is 48.2 Å². The number of rotatable bonds is 4. The molecule has 2 amide bonds. The van der Waals surface area contributed by atoms with E-state index in [1.54, 1.807) is 0 Å². The summed E-state index contributed by atoms with van der Waals surface area (Å²) in [6.45, 7) is 10.3. The van der Waals surface area contributed by atoms with Crippen molar-refractivity contribution in [2.75, 3.05) is 13.1 Å². The van der Waals surface area contributed by atoms with Crippen LogP contribution in [0.3, 0.4) is 0 Å². The van der Waals surface area contributed by atoms with Crippen LogP contribution < -0.4 is 0 Å². The normalized spacial score (nSPS) is 19.8. The number of nitrogens with zero attached hydrogens (tertiary/aromatic N) is 2. The Morgan fingerprint density at radius 2 is 1.63 bits per heavy atom. The second-order valence-corrected chi connectivity index (χ2v) is 8.92. The quantitative estimate of drug-likeness (QED) is 0.701. The van der Waals surface area contributed by atoms with Crippen molar-refractivity contribution in [3.05, 3.63) is 76.0 Å². The summed E-state index contributed by atoms with van der Waals surface area (Å²) in [5, 5.41) is 0. The summed E-state index contributed by atoms with van der Waals surface area (Å²) in [6, 6.07) is 14.1. The summed E-state index contributed by atoms with van der Waals surface area (Å²) in [4.78, 5) is 30.7. The molecule has 2 aliphatic rings. The molecule has 4 heteroatoms. The molecule has 30 heavy (non-hydrogen) atoms. The van der Waals surface area contributed by atoms with Gasteiger partial charge in [-0.2, -0.15) is 0 Å². The number of benzene rings is 2. The van der Waals surface area contributed by atoms with E-state index >= 15 is 0 Å². The molecule has 4 nitrogen and oxygen atoms in total. The molecular formula is C26H30N2O2. The molecule has 0 aromatic heterocycles. The first-order valence-electron chi connectivity index (χ1n) is 10.8. The molecule has 1 saturated heterocycles. The van der Waals surface area contributed by atoms with Crippen LogP contribution in [0.2, 0.25) is 0 Å². The number of hydrogen-bond donors (Lipinski definition) is 0. The Balaban J connectivity index is 1.76. The van der Waals surface area contributed by atoms with Crippen LogP contribution in [0.1, 0.15) is 47.6 Å². The Bertz CT molecular complexity index is 1020. The molecule has 1 atom stereocenters. The molecule has 0 saturated carbocycles. The zero-order chi connectivity index (χ0) is 21.4. The molecule has 1 fully saturated rings. The fourth-order valence-corrected chi connectivity index (χ4v) is 4.61. The second-order valence-electron chi connectivity index (χ2n) is 8.92. The van der Waals surface area contributed by atoms with E-state index in [-0.39, 0.29) is 11.8 Å². The van der Waals surface area contributed by atoms with Crippen LogP contribution in [0, 0.1) is 26.7 Å². The summed E-state index contributed by atoms with van der Waals surface area (Å²) in [6.07, 6.45) is 2.21. The molecule has 4 rings (SSSR count). The predicted octanol–water partition coefficient (Wildman–Crippen LogP) is 4.62. The van der Waals surface area contributed by atoms with Gasteiger partial charge in [-0.25, -0.2) is 0 Å². The van der Waals surface area contributed by atoms with Crippen molar-refractivity contribution < 1.29 is 9.59 Å². The van der Waals surface area contributed by atoms with E-state index < -0.39 is 0 Å². The highest BCUT2D eigenvalue weighted by atomic mass is 16.2. The van der Waals surface area contributed by atoms with Crippen LogP contribution >= 0.6 is 0 Å². The topological polar surface area (TPSA) is 40.6 Å². The third kappa shape index (κ3) is 3.79. The molecule has 2 aliphatic heterocycles. The van der Waals surface area contributed by atoms with Gasteiger partial charge in [-0.3, -0.25) is 14.5 Å². The SMILES string of the molecule is Cc1ccc(CN2C(=O)C(c3ccc(C)cc3C)=C(N3CCCC(C)C3)C2=O)cc1. The van der Waals surface area contributed by atoms with Crippen molar-refractivity contribution in [3.8, 4) is 0 Å². The van der Waals surface area contributed by atoms with Gasteiger partial charge in [0.1, 0.15) is 5.70 Å². The molecule has 0 radical (unpaired) electrons. The van der Waals surface area contributed by atoms with Gasteiger partial charge in [0.05, 0.1) is 12.1 Å². The fourth-order valence-electron chi connectivity index (χ4n) is 4.61. The summed E-state index contributed by atoms with van der Waals surface area (Å²) in [5.74, 6) is 0.172. The van der Waals surface area contributed by atoms with Crippen molar-refractivity contribution >= 4 is 17.4 Å². The molecule has 0 spiro atoms. The van der Waals surface area contributed by atoms with Crippen LogP contribution in [0.25, 0.3) is 5.57 Å². The second kappa shape index (κ2) is 8.10. The Hall–Kier alpha value is -2.88. The number of likely N-dealkylation sites (tertiary alicyclic amines) is 1. The van der Waals surface area contributed by atoms with Gasteiger partial charge >= 0.3 is 0 Å². The minimum Gasteiger partial charge on any atom is -0.366 e. The van der Waals surface area contributed by atoms with E-state index in [0.717, 1.165) is 53.7 Å². The Labute approximate surface area is 179 Å². The maximum Gasteiger partial charge on any atom is 0.278 e. The maximum atomic E-state index is 13.6. The van der Waals surface area contributed by atoms with Crippen molar-refractivity contribution in [3.63, 3.8) is 0 Å². The summed E-state index contributed by atoms with van der Waals surface area (Å²) >= 11 is 0. The van der Waals surface area contributed by atoms with E-state index in [4.69, 9.17) is 0 Å². The monoisotopic (exact) mass is 402 g/mol. The first kappa shape index (κ1) is 20.4. The molecule has 0 bridgehead atoms. The van der Waals surface area contributed by atoms with Crippen LogP contribution in [-0.4, -0.2) is 34.7 Å². The molecule has 156 valence electrons. The van der Waals surface area contributed by atoms with Crippen LogP contribution in [0.4, 0.5) is 0 Å². The van der Waals surface area contributed by atoms with Gasteiger partial charge in [0, 0.05) is 13.1 Å². The number of imide groups is 1. The van der Waals surface area contributed by atoms with E-state index in [0.29, 0.717) is 23.7 Å². The third-order valence-electron chi connectivity index (χ3n) is 6.23. The number of aryl methyl sites for hydroxylation is 3. The van der Waals surface area contributed by atoms with Gasteiger partial charge in [0.2, 0.25) is 0 Å². The average molecular weight is 403 g/mol. The number of hydrogen-bond acceptors (Lipinski definition) is 3. The van der Waals surface area contributed by atoms with E-state index in [1.165, 1.54) is 4.90 Å². The molecule has 2 aromatic rings. The zero-order valence-electron chi connectivity index (χ0n) is 18.4. The van der Waals surface area contributed by atoms with Crippen molar-refractivity contribution in [1.29, 1.82) is 0 Å². The molecule has 2 heterocycles. The minimum atomic E-state index is -0.180. The Kier molecular flexibility index (Phi) is 5.50. The maximum absolute atomic E-state index is 13.6. The lowest BCUT2D eigenvalue weighted by Crippen LogP contribution is -2.39. The summed E-state index contributed by atoms with van der Waals surface area (Å²) in [5.41, 5.74) is 6.34. The highest BCUT2D eigenvalue weighted by Gasteiger charge is 2.42. The number of piperidine rings is 1. The molecule has 0 aliphatic carbocycles. The lowest BCUT2D eigenvalue weighted by Gasteiger charge is -2.33. The zero-order valence-corrected chi connectivity index (χ0v) is 18.4. The average Bonchev–Trinajstić information content (AvgIpc) is 2.94. The lowest BCUT2D eigenvalue weighted by atomic mass is 9.95. The van der Waals surface area contributed by atoms with Crippen LogP contribution in [-0.2, 0) is 16.1 Å². The lowest BCUT2D eigenvalue weighted by molar-refractivity contribution is -0.138. The van der Waals surface area contributed by atoms with E-state index in [9.17, 15) is 9.59 Å². The third-order valence-corrected chi connectivity index (χ3v) is 6.23. The van der Waals surface area contributed by atoms with Crippen molar-refractivity contribution in [2.24, 2.45) is 5.92 Å². The van der Waals surface area contributed by atoms with Gasteiger partial charge in [-0.1, -0.05) is 60.5 Å². The highest BCUT2D eigenvalue weighted by Crippen LogP contribution is 2.36. The first-order chi connectivity index (χ1) is 14.3. The predicted molar refractivity (Wildman–Crippen MR) is 120 cm³/mol. The smallest absolute Gasteiger partial charge is 0.278 e. The summed E-state index contributed by atoms with van der Waals surface area (Å²) < 4.78 is 0. The molecule has 2 aromatic carbocycles. The van der Waals surface area contributed by atoms with Gasteiger partial charge in [-0.15, -0.1) is 0 Å². The Morgan fingerprint density at radius 1 is 0.933 bits per heavy atom. The van der Waals surface area contributed by atoms with Crippen molar-refractivity contribution in [1.82, 2.24) is 9.80 Å². The molecule has 0 N–H and O–H groups in total. The highest BCUT2D eigenvalue weighted by molar-refractivity contribution is 6.35. The number of carbonyl (C=O) groups is 2. The fraction of sp³-hybridized carbons (Fsp3) is 0.385. The van der Waals surface area contributed by atoms with Gasteiger partial charge in [-0.05, 0) is 56.2 Å². The van der Waals surface area contributed by atoms with Crippen molar-refractivity contribution in [2.45, 2.75) is 47.1 Å². The summed E-state index contributed by atoms with van der Waals surface area (Å²) in [7, 11) is 0. The van der Waals surface area contributed by atoms with Gasteiger partial charge < -0.3 is 4.90 Å². The van der Waals surface area contributed by atoms with Gasteiger partial charge in [0.15, 0.2) is 0 Å². The first-order valence-corrected chi connectivity index (χ1v) is 10.8. The number of amides is 2. The van der Waals surface area contributed by atoms with E-state index in [1.807, 2.05) is 57.2 Å². The van der Waals surface area contributed by atoms with Crippen LogP contribution in [0.5, 0.6) is 0 Å². The Morgan fingerprint density at radius 3 is 2.30 bits per heavy atom. The standard InChI is InChI=1S/C26H30N2O2/c1-17-7-10-21(11-8-17)16-28-25(29)23(22-12-9-18(2)14-20(22)4)24(26(28)30)27-13-5-6-19(3)15-27/h7-12,14,19H,5-6,13,15-16H2,1-4H3. The van der Waals surface area contributed by atoms with Gasteiger partial charge in [0.25, 0.3) is 11.8 Å². The minimum absolute atomic E-state index is 0.162. The molecular weight excluding hydrogens is 372 g/mol. The largest absolute Gasteiger partial charge is 0.366 e. The molecule has 1 unspecified atom stereocenters.